The van der Waals surface area contributed by atoms with Crippen LogP contribution in [0.25, 0.3) is 33.9 Å². The van der Waals surface area contributed by atoms with E-state index in [4.69, 9.17) is 9.97 Å². The third kappa shape index (κ3) is 3.07. The number of phenols is 1. The van der Waals surface area contributed by atoms with Crippen molar-refractivity contribution in [2.24, 2.45) is 0 Å². The van der Waals surface area contributed by atoms with Crippen LogP contribution in [0, 0.1) is 6.92 Å². The van der Waals surface area contributed by atoms with E-state index in [1.165, 1.54) is 0 Å². The number of benzene rings is 3. The number of aromatic nitrogens is 2. The van der Waals surface area contributed by atoms with Gasteiger partial charge in [0.25, 0.3) is 0 Å². The van der Waals surface area contributed by atoms with Crippen molar-refractivity contribution >= 4 is 0 Å². The summed E-state index contributed by atoms with van der Waals surface area (Å²) in [7, 11) is 0. The molecule has 0 unspecified atom stereocenters. The lowest BCUT2D eigenvalue weighted by Gasteiger charge is -2.11. The minimum atomic E-state index is 0.254. The summed E-state index contributed by atoms with van der Waals surface area (Å²) in [5.74, 6) is 0.895. The molecular formula is C23H18N2O. The highest BCUT2D eigenvalue weighted by atomic mass is 16.3. The summed E-state index contributed by atoms with van der Waals surface area (Å²) < 4.78 is 0. The van der Waals surface area contributed by atoms with Gasteiger partial charge in [-0.2, -0.15) is 0 Å². The van der Waals surface area contributed by atoms with Gasteiger partial charge in [0, 0.05) is 16.7 Å². The van der Waals surface area contributed by atoms with Crippen molar-refractivity contribution in [2.45, 2.75) is 6.92 Å². The molecule has 0 spiro atoms. The molecule has 0 aliphatic rings. The first-order chi connectivity index (χ1) is 12.7. The lowest BCUT2D eigenvalue weighted by molar-refractivity contribution is 0.473. The highest BCUT2D eigenvalue weighted by Crippen LogP contribution is 2.33. The standard InChI is InChI=1S/C23H18N2O/c1-16-9-8-14-19(22(16)26)21-15-20(17-10-4-2-5-11-17)24-23(25-21)18-12-6-3-7-13-18/h2-15,26H,1H3. The molecule has 0 aliphatic carbocycles. The van der Waals surface area contributed by atoms with Gasteiger partial charge in [0.2, 0.25) is 0 Å². The molecule has 4 rings (SSSR count). The number of nitrogens with zero attached hydrogens (tertiary/aromatic N) is 2. The Balaban J connectivity index is 1.95. The molecule has 126 valence electrons. The second-order valence-electron chi connectivity index (χ2n) is 6.17. The fourth-order valence-electron chi connectivity index (χ4n) is 2.92. The normalized spacial score (nSPS) is 10.7. The third-order valence-corrected chi connectivity index (χ3v) is 4.34. The third-order valence-electron chi connectivity index (χ3n) is 4.34. The Bertz CT molecular complexity index is 987. The van der Waals surface area contributed by atoms with Gasteiger partial charge >= 0.3 is 0 Å². The van der Waals surface area contributed by atoms with Gasteiger partial charge in [-0.25, -0.2) is 9.97 Å². The molecule has 3 heteroatoms. The van der Waals surface area contributed by atoms with Gasteiger partial charge in [-0.3, -0.25) is 0 Å². The largest absolute Gasteiger partial charge is 0.507 e. The van der Waals surface area contributed by atoms with Gasteiger partial charge in [-0.1, -0.05) is 72.8 Å². The van der Waals surface area contributed by atoms with Crippen LogP contribution in [0.1, 0.15) is 5.56 Å². The maximum Gasteiger partial charge on any atom is 0.160 e. The molecule has 0 amide bonds. The fourth-order valence-corrected chi connectivity index (χ4v) is 2.92. The number of hydrogen-bond donors (Lipinski definition) is 1. The lowest BCUT2D eigenvalue weighted by Crippen LogP contribution is -1.96. The van der Waals surface area contributed by atoms with Gasteiger partial charge < -0.3 is 5.11 Å². The summed E-state index contributed by atoms with van der Waals surface area (Å²) in [6.45, 7) is 1.89. The highest BCUT2D eigenvalue weighted by Gasteiger charge is 2.13. The van der Waals surface area contributed by atoms with E-state index in [0.29, 0.717) is 17.1 Å². The van der Waals surface area contributed by atoms with E-state index >= 15 is 0 Å². The highest BCUT2D eigenvalue weighted by molar-refractivity contribution is 5.75. The van der Waals surface area contributed by atoms with E-state index in [1.807, 2.05) is 91.9 Å². The summed E-state index contributed by atoms with van der Waals surface area (Å²) in [4.78, 5) is 9.49. The number of rotatable bonds is 3. The SMILES string of the molecule is Cc1cccc(-c2cc(-c3ccccc3)nc(-c3ccccc3)n2)c1O. The topological polar surface area (TPSA) is 46.0 Å². The Morgan fingerprint density at radius 2 is 1.27 bits per heavy atom. The molecule has 3 aromatic carbocycles. The van der Waals surface area contributed by atoms with Crippen molar-refractivity contribution in [1.29, 1.82) is 0 Å². The molecule has 4 aromatic rings. The van der Waals surface area contributed by atoms with Crippen LogP contribution in [-0.4, -0.2) is 15.1 Å². The maximum absolute atomic E-state index is 10.5. The summed E-state index contributed by atoms with van der Waals surface area (Å²) in [5, 5.41) is 10.5. The molecule has 1 aromatic heterocycles. The van der Waals surface area contributed by atoms with Crippen LogP contribution >= 0.6 is 0 Å². The quantitative estimate of drug-likeness (QED) is 0.537. The Labute approximate surface area is 152 Å². The van der Waals surface area contributed by atoms with E-state index in [9.17, 15) is 5.11 Å². The molecule has 0 fully saturated rings. The number of phenolic OH excluding ortho intramolecular Hbond substituents is 1. The first-order valence-electron chi connectivity index (χ1n) is 8.51. The molecule has 0 radical (unpaired) electrons. The van der Waals surface area contributed by atoms with Crippen LogP contribution in [0.3, 0.4) is 0 Å². The molecule has 3 nitrogen and oxygen atoms in total. The van der Waals surface area contributed by atoms with Crippen LogP contribution in [0.5, 0.6) is 5.75 Å². The van der Waals surface area contributed by atoms with Crippen LogP contribution < -0.4 is 0 Å². The van der Waals surface area contributed by atoms with Gasteiger partial charge in [-0.15, -0.1) is 0 Å². The first-order valence-corrected chi connectivity index (χ1v) is 8.51. The van der Waals surface area contributed by atoms with E-state index in [0.717, 1.165) is 22.4 Å². The molecule has 0 bridgehead atoms. The zero-order valence-electron chi connectivity index (χ0n) is 14.4. The molecule has 26 heavy (non-hydrogen) atoms. The Morgan fingerprint density at radius 1 is 0.654 bits per heavy atom. The van der Waals surface area contributed by atoms with Gasteiger partial charge in [0.05, 0.1) is 11.4 Å². The van der Waals surface area contributed by atoms with Crippen molar-refractivity contribution < 1.29 is 5.11 Å². The monoisotopic (exact) mass is 338 g/mol. The lowest BCUT2D eigenvalue weighted by atomic mass is 10.0. The number of para-hydroxylation sites is 1. The summed E-state index contributed by atoms with van der Waals surface area (Å²) in [6.07, 6.45) is 0. The van der Waals surface area contributed by atoms with E-state index in [2.05, 4.69) is 0 Å². The number of aromatic hydroxyl groups is 1. The maximum atomic E-state index is 10.5. The van der Waals surface area contributed by atoms with Gasteiger partial charge in [0.15, 0.2) is 5.82 Å². The van der Waals surface area contributed by atoms with Gasteiger partial charge in [0.1, 0.15) is 5.75 Å². The minimum absolute atomic E-state index is 0.254. The average molecular weight is 338 g/mol. The molecule has 0 saturated heterocycles. The summed E-state index contributed by atoms with van der Waals surface area (Å²) >= 11 is 0. The van der Waals surface area contributed by atoms with E-state index < -0.39 is 0 Å². The van der Waals surface area contributed by atoms with E-state index in [1.54, 1.807) is 0 Å². The van der Waals surface area contributed by atoms with Gasteiger partial charge in [-0.05, 0) is 24.6 Å². The number of aryl methyl sites for hydroxylation is 1. The Hall–Kier alpha value is -3.46. The van der Waals surface area contributed by atoms with Crippen LogP contribution in [0.15, 0.2) is 84.9 Å². The minimum Gasteiger partial charge on any atom is -0.507 e. The van der Waals surface area contributed by atoms with E-state index in [-0.39, 0.29) is 5.75 Å². The second-order valence-corrected chi connectivity index (χ2v) is 6.17. The van der Waals surface area contributed by atoms with Crippen molar-refractivity contribution in [3.8, 4) is 39.7 Å². The van der Waals surface area contributed by atoms with Crippen molar-refractivity contribution in [3.63, 3.8) is 0 Å². The summed E-state index contributed by atoms with van der Waals surface area (Å²) in [5.41, 5.74) is 5.03. The zero-order valence-corrected chi connectivity index (χ0v) is 14.4. The zero-order chi connectivity index (χ0) is 17.9. The van der Waals surface area contributed by atoms with Crippen molar-refractivity contribution in [1.82, 2.24) is 9.97 Å². The Morgan fingerprint density at radius 3 is 1.96 bits per heavy atom. The first kappa shape index (κ1) is 16.0. The van der Waals surface area contributed by atoms with Crippen molar-refractivity contribution in [3.05, 3.63) is 90.5 Å². The molecule has 0 aliphatic heterocycles. The Kier molecular flexibility index (Phi) is 4.20. The molecule has 0 atom stereocenters. The fraction of sp³-hybridized carbons (Fsp3) is 0.0435. The molecular weight excluding hydrogens is 320 g/mol. The van der Waals surface area contributed by atoms with Crippen LogP contribution in [-0.2, 0) is 0 Å². The predicted octanol–water partition coefficient (Wildman–Crippen LogP) is 5.49. The molecule has 0 saturated carbocycles. The van der Waals surface area contributed by atoms with Crippen LogP contribution in [0.2, 0.25) is 0 Å². The molecule has 1 heterocycles. The molecule has 1 N–H and O–H groups in total. The summed E-state index contributed by atoms with van der Waals surface area (Å²) in [6, 6.07) is 27.5. The predicted molar refractivity (Wildman–Crippen MR) is 105 cm³/mol. The smallest absolute Gasteiger partial charge is 0.160 e. The second kappa shape index (κ2) is 6.81. The van der Waals surface area contributed by atoms with Crippen LogP contribution in [0.4, 0.5) is 0 Å². The van der Waals surface area contributed by atoms with Crippen molar-refractivity contribution in [2.75, 3.05) is 0 Å². The number of hydrogen-bond acceptors (Lipinski definition) is 3. The average Bonchev–Trinajstić information content (AvgIpc) is 2.71.